The quantitative estimate of drug-likeness (QED) is 0.383. The van der Waals surface area contributed by atoms with Crippen molar-refractivity contribution in [2.24, 2.45) is 5.10 Å². The smallest absolute Gasteiger partial charge is 0.272 e. The number of sulfonamides is 1. The van der Waals surface area contributed by atoms with Crippen molar-refractivity contribution in [1.82, 2.24) is 4.31 Å². The fourth-order valence-electron chi connectivity index (χ4n) is 2.92. The number of hydrogen-bond donors (Lipinski definition) is 1. The summed E-state index contributed by atoms with van der Waals surface area (Å²) in [5.74, 6) is 0. The molecule has 1 aliphatic heterocycles. The van der Waals surface area contributed by atoms with Crippen molar-refractivity contribution >= 4 is 44.9 Å². The zero-order valence-corrected chi connectivity index (χ0v) is 17.0. The van der Waals surface area contributed by atoms with Gasteiger partial charge in [0.05, 0.1) is 21.0 Å². The molecule has 158 valence electrons. The Hall–Kier alpha value is -3.09. The molecule has 2 aromatic carbocycles. The van der Waals surface area contributed by atoms with Crippen molar-refractivity contribution in [2.45, 2.75) is 17.7 Å². The minimum Gasteiger partial charge on any atom is -0.272 e. The molecule has 0 saturated carbocycles. The van der Waals surface area contributed by atoms with Crippen LogP contribution in [0.1, 0.15) is 18.4 Å². The fourth-order valence-corrected chi connectivity index (χ4v) is 4.65. The average molecular weight is 454 g/mol. The van der Waals surface area contributed by atoms with Gasteiger partial charge in [0.15, 0.2) is 0 Å². The third-order valence-corrected chi connectivity index (χ3v) is 6.65. The Balaban J connectivity index is 1.84. The Bertz CT molecular complexity index is 1130. The third-order valence-electron chi connectivity index (χ3n) is 4.43. The molecule has 13 heteroatoms. The Morgan fingerprint density at radius 1 is 1.03 bits per heavy atom. The van der Waals surface area contributed by atoms with Crippen molar-refractivity contribution in [3.63, 3.8) is 0 Å². The molecule has 2 aromatic rings. The number of anilines is 1. The molecule has 30 heavy (non-hydrogen) atoms. The van der Waals surface area contributed by atoms with E-state index in [1.807, 2.05) is 0 Å². The van der Waals surface area contributed by atoms with Crippen molar-refractivity contribution in [1.29, 1.82) is 0 Å². The van der Waals surface area contributed by atoms with Crippen molar-refractivity contribution in [3.8, 4) is 0 Å². The Labute approximate surface area is 176 Å². The van der Waals surface area contributed by atoms with Gasteiger partial charge < -0.3 is 0 Å². The van der Waals surface area contributed by atoms with Crippen LogP contribution in [-0.2, 0) is 10.0 Å². The molecule has 0 radical (unpaired) electrons. The molecule has 1 aliphatic rings. The highest BCUT2D eigenvalue weighted by molar-refractivity contribution is 7.89. The minimum absolute atomic E-state index is 0.0277. The van der Waals surface area contributed by atoms with Crippen LogP contribution in [0.15, 0.2) is 46.4 Å². The first-order valence-electron chi connectivity index (χ1n) is 8.72. The number of rotatable bonds is 7. The number of hydrogen-bond acceptors (Lipinski definition) is 8. The molecule has 0 spiro atoms. The number of nitro groups is 2. The van der Waals surface area contributed by atoms with E-state index in [2.05, 4.69) is 10.5 Å². The van der Waals surface area contributed by atoms with E-state index in [4.69, 9.17) is 11.6 Å². The number of nitro benzene ring substituents is 2. The van der Waals surface area contributed by atoms with E-state index in [0.29, 0.717) is 18.7 Å². The van der Waals surface area contributed by atoms with Crippen molar-refractivity contribution in [3.05, 3.63) is 67.2 Å². The van der Waals surface area contributed by atoms with Crippen LogP contribution >= 0.6 is 11.6 Å². The van der Waals surface area contributed by atoms with Gasteiger partial charge >= 0.3 is 0 Å². The predicted molar refractivity (Wildman–Crippen MR) is 110 cm³/mol. The molecule has 1 N–H and O–H groups in total. The van der Waals surface area contributed by atoms with Crippen LogP contribution in [0.3, 0.4) is 0 Å². The molecule has 3 rings (SSSR count). The molecule has 1 heterocycles. The Morgan fingerprint density at radius 2 is 1.70 bits per heavy atom. The van der Waals surface area contributed by atoms with Gasteiger partial charge in [-0.1, -0.05) is 17.7 Å². The van der Waals surface area contributed by atoms with Gasteiger partial charge in [0.25, 0.3) is 11.4 Å². The van der Waals surface area contributed by atoms with Crippen LogP contribution in [-0.4, -0.2) is 41.9 Å². The Morgan fingerprint density at radius 3 is 2.33 bits per heavy atom. The third kappa shape index (κ3) is 4.56. The summed E-state index contributed by atoms with van der Waals surface area (Å²) in [5.41, 5.74) is 2.02. The summed E-state index contributed by atoms with van der Waals surface area (Å²) in [6, 6.07) is 7.53. The minimum atomic E-state index is -3.81. The second kappa shape index (κ2) is 8.73. The SMILES string of the molecule is O=[N+]([O-])c1cc(/C=N/Nc2ccc(S(=O)(=O)N3CCCC3)cc2[N+](=O)[O-])ccc1Cl. The van der Waals surface area contributed by atoms with E-state index < -0.39 is 25.6 Å². The Kier molecular flexibility index (Phi) is 6.29. The van der Waals surface area contributed by atoms with E-state index >= 15 is 0 Å². The fraction of sp³-hybridized carbons (Fsp3) is 0.235. The topological polar surface area (TPSA) is 148 Å². The van der Waals surface area contributed by atoms with Gasteiger partial charge in [-0.15, -0.1) is 0 Å². The second-order valence-corrected chi connectivity index (χ2v) is 8.73. The van der Waals surface area contributed by atoms with Crippen LogP contribution in [0.25, 0.3) is 0 Å². The van der Waals surface area contributed by atoms with Crippen LogP contribution in [0.4, 0.5) is 17.1 Å². The van der Waals surface area contributed by atoms with Gasteiger partial charge in [-0.2, -0.15) is 9.41 Å². The molecular formula is C17H16ClN5O6S. The monoisotopic (exact) mass is 453 g/mol. The van der Waals surface area contributed by atoms with Gasteiger partial charge in [-0.05, 0) is 31.0 Å². The zero-order valence-electron chi connectivity index (χ0n) is 15.4. The maximum Gasteiger partial charge on any atom is 0.295 e. The first kappa shape index (κ1) is 21.6. The lowest BCUT2D eigenvalue weighted by atomic mass is 10.2. The highest BCUT2D eigenvalue weighted by atomic mass is 35.5. The summed E-state index contributed by atoms with van der Waals surface area (Å²) in [4.78, 5) is 20.8. The molecule has 0 unspecified atom stereocenters. The largest absolute Gasteiger partial charge is 0.295 e. The number of halogens is 1. The zero-order chi connectivity index (χ0) is 21.9. The van der Waals surface area contributed by atoms with E-state index in [1.165, 1.54) is 40.9 Å². The number of hydrazone groups is 1. The van der Waals surface area contributed by atoms with Gasteiger partial charge in [0.2, 0.25) is 10.0 Å². The second-order valence-electron chi connectivity index (χ2n) is 6.39. The summed E-state index contributed by atoms with van der Waals surface area (Å²) < 4.78 is 26.5. The van der Waals surface area contributed by atoms with E-state index in [-0.39, 0.29) is 21.3 Å². The molecule has 0 amide bonds. The lowest BCUT2D eigenvalue weighted by Gasteiger charge is -2.15. The summed E-state index contributed by atoms with van der Waals surface area (Å²) in [5, 5.41) is 26.2. The van der Waals surface area contributed by atoms with Crippen LogP contribution < -0.4 is 5.43 Å². The molecular weight excluding hydrogens is 438 g/mol. The molecule has 1 saturated heterocycles. The number of benzene rings is 2. The molecule has 0 bridgehead atoms. The first-order valence-corrected chi connectivity index (χ1v) is 10.5. The number of nitrogens with zero attached hydrogens (tertiary/aromatic N) is 4. The van der Waals surface area contributed by atoms with Crippen LogP contribution in [0.2, 0.25) is 5.02 Å². The normalized spacial score (nSPS) is 14.8. The summed E-state index contributed by atoms with van der Waals surface area (Å²) in [6.07, 6.45) is 2.72. The predicted octanol–water partition coefficient (Wildman–Crippen LogP) is 3.39. The van der Waals surface area contributed by atoms with Gasteiger partial charge in [-0.25, -0.2) is 8.42 Å². The lowest BCUT2D eigenvalue weighted by Crippen LogP contribution is -2.27. The molecule has 0 aromatic heterocycles. The first-order chi connectivity index (χ1) is 14.2. The van der Waals surface area contributed by atoms with Gasteiger partial charge in [-0.3, -0.25) is 25.7 Å². The molecule has 0 aliphatic carbocycles. The number of nitrogens with one attached hydrogen (secondary N) is 1. The highest BCUT2D eigenvalue weighted by Crippen LogP contribution is 2.30. The maximum atomic E-state index is 12.6. The summed E-state index contributed by atoms with van der Waals surface area (Å²) in [6.45, 7) is 0.765. The van der Waals surface area contributed by atoms with Crippen molar-refractivity contribution < 1.29 is 18.3 Å². The standard InChI is InChI=1S/C17H16ClN5O6S/c18-14-5-3-12(9-16(14)22(24)25)11-19-20-15-6-4-13(10-17(15)23(26)27)30(28,29)21-7-1-2-8-21/h3-6,9-11,20H,1-2,7-8H2/b19-11+. The van der Waals surface area contributed by atoms with E-state index in [1.54, 1.807) is 0 Å². The van der Waals surface area contributed by atoms with Crippen LogP contribution in [0.5, 0.6) is 0 Å². The van der Waals surface area contributed by atoms with Crippen molar-refractivity contribution in [2.75, 3.05) is 18.5 Å². The average Bonchev–Trinajstić information content (AvgIpc) is 3.24. The van der Waals surface area contributed by atoms with E-state index in [0.717, 1.165) is 18.9 Å². The highest BCUT2D eigenvalue weighted by Gasteiger charge is 2.29. The summed E-state index contributed by atoms with van der Waals surface area (Å²) >= 11 is 5.75. The molecule has 0 atom stereocenters. The molecule has 1 fully saturated rings. The van der Waals surface area contributed by atoms with Gasteiger partial charge in [0.1, 0.15) is 10.7 Å². The maximum absolute atomic E-state index is 12.6. The lowest BCUT2D eigenvalue weighted by molar-refractivity contribution is -0.384. The van der Waals surface area contributed by atoms with E-state index in [9.17, 15) is 28.6 Å². The summed E-state index contributed by atoms with van der Waals surface area (Å²) in [7, 11) is -3.81. The molecule has 11 nitrogen and oxygen atoms in total. The van der Waals surface area contributed by atoms with Gasteiger partial charge in [0, 0.05) is 30.8 Å². The van der Waals surface area contributed by atoms with Crippen LogP contribution in [0, 0.1) is 20.2 Å².